The van der Waals surface area contributed by atoms with Gasteiger partial charge in [0.2, 0.25) is 0 Å². The summed E-state index contributed by atoms with van der Waals surface area (Å²) in [5.41, 5.74) is 0. The molecule has 0 spiro atoms. The molecule has 8 unspecified atom stereocenters. The van der Waals surface area contributed by atoms with E-state index in [1.807, 2.05) is 0 Å². The van der Waals surface area contributed by atoms with Gasteiger partial charge in [-0.05, 0) is 54.8 Å². The molecule has 2 aliphatic carbocycles. The molecule has 2 heteroatoms. The fraction of sp³-hybridized carbons (Fsp3) is 1.00. The molecule has 0 bridgehead atoms. The van der Waals surface area contributed by atoms with E-state index in [2.05, 4.69) is 27.7 Å². The summed E-state index contributed by atoms with van der Waals surface area (Å²) in [4.78, 5) is 0. The Labute approximate surface area is 118 Å². The maximum atomic E-state index is 10.6. The van der Waals surface area contributed by atoms with Crippen LogP contribution in [-0.4, -0.2) is 22.4 Å². The smallest absolute Gasteiger partial charge is 0.0598 e. The first-order valence-electron chi connectivity index (χ1n) is 8.31. The first-order chi connectivity index (χ1) is 8.95. The van der Waals surface area contributed by atoms with Crippen LogP contribution in [0.1, 0.15) is 59.8 Å². The topological polar surface area (TPSA) is 40.5 Å². The third kappa shape index (κ3) is 3.00. The Kier molecular flexibility index (Phi) is 4.94. The molecule has 0 radical (unpaired) electrons. The van der Waals surface area contributed by atoms with Gasteiger partial charge in [0.15, 0.2) is 0 Å². The number of hydrogen-bond donors (Lipinski definition) is 2. The zero-order chi connectivity index (χ0) is 14.2. The summed E-state index contributed by atoms with van der Waals surface area (Å²) >= 11 is 0. The Balaban J connectivity index is 2.24. The Morgan fingerprint density at radius 2 is 1.68 bits per heavy atom. The molecule has 19 heavy (non-hydrogen) atoms. The van der Waals surface area contributed by atoms with Crippen LogP contribution in [0, 0.1) is 35.5 Å². The van der Waals surface area contributed by atoms with Crippen LogP contribution in [0.25, 0.3) is 0 Å². The third-order valence-electron chi connectivity index (χ3n) is 6.26. The summed E-state index contributed by atoms with van der Waals surface area (Å²) in [6.07, 6.45) is 4.86. The van der Waals surface area contributed by atoms with Gasteiger partial charge >= 0.3 is 0 Å². The molecule has 2 nitrogen and oxygen atoms in total. The number of aliphatic hydroxyl groups is 2. The van der Waals surface area contributed by atoms with Crippen LogP contribution >= 0.6 is 0 Å². The maximum Gasteiger partial charge on any atom is 0.0598 e. The molecule has 2 fully saturated rings. The molecule has 0 aromatic rings. The minimum Gasteiger partial charge on any atom is -0.393 e. The first kappa shape index (κ1) is 15.3. The Morgan fingerprint density at radius 1 is 1.00 bits per heavy atom. The molecule has 0 heterocycles. The van der Waals surface area contributed by atoms with Crippen LogP contribution in [0.15, 0.2) is 0 Å². The molecule has 112 valence electrons. The number of aliphatic hydroxyl groups excluding tert-OH is 2. The molecule has 2 N–H and O–H groups in total. The van der Waals surface area contributed by atoms with Crippen molar-refractivity contribution in [3.63, 3.8) is 0 Å². The van der Waals surface area contributed by atoms with E-state index in [1.54, 1.807) is 0 Å². The van der Waals surface area contributed by atoms with E-state index in [0.29, 0.717) is 30.1 Å². The second-order valence-electron chi connectivity index (χ2n) is 7.43. The fourth-order valence-electron chi connectivity index (χ4n) is 4.80. The van der Waals surface area contributed by atoms with Crippen LogP contribution in [0.4, 0.5) is 0 Å². The minimum atomic E-state index is -0.314. The molecule has 0 aromatic carbocycles. The summed E-state index contributed by atoms with van der Waals surface area (Å²) < 4.78 is 0. The molecule has 0 aromatic heterocycles. The monoisotopic (exact) mass is 268 g/mol. The van der Waals surface area contributed by atoms with E-state index >= 15 is 0 Å². The minimum absolute atomic E-state index is 0.299. The zero-order valence-corrected chi connectivity index (χ0v) is 13.0. The predicted molar refractivity (Wildman–Crippen MR) is 78.7 cm³/mol. The van der Waals surface area contributed by atoms with Crippen LogP contribution in [0.5, 0.6) is 0 Å². The van der Waals surface area contributed by atoms with E-state index in [0.717, 1.165) is 18.3 Å². The lowest BCUT2D eigenvalue weighted by Gasteiger charge is -2.45. The Morgan fingerprint density at radius 3 is 2.32 bits per heavy atom. The average Bonchev–Trinajstić information content (AvgIpc) is 2.47. The predicted octanol–water partition coefficient (Wildman–Crippen LogP) is 3.46. The van der Waals surface area contributed by atoms with Gasteiger partial charge < -0.3 is 10.2 Å². The van der Waals surface area contributed by atoms with Gasteiger partial charge in [0.1, 0.15) is 0 Å². The number of hydrogen-bond acceptors (Lipinski definition) is 2. The van der Waals surface area contributed by atoms with Crippen molar-refractivity contribution >= 4 is 0 Å². The molecular formula is C17H32O2. The summed E-state index contributed by atoms with van der Waals surface area (Å²) in [5, 5.41) is 20.7. The zero-order valence-electron chi connectivity index (χ0n) is 13.0. The lowest BCUT2D eigenvalue weighted by Crippen LogP contribution is -2.42. The van der Waals surface area contributed by atoms with Crippen molar-refractivity contribution in [3.05, 3.63) is 0 Å². The van der Waals surface area contributed by atoms with Crippen molar-refractivity contribution in [1.29, 1.82) is 0 Å². The van der Waals surface area contributed by atoms with Crippen molar-refractivity contribution in [3.8, 4) is 0 Å². The third-order valence-corrected chi connectivity index (χ3v) is 6.26. The van der Waals surface area contributed by atoms with Crippen LogP contribution < -0.4 is 0 Å². The van der Waals surface area contributed by atoms with Gasteiger partial charge in [-0.25, -0.2) is 0 Å². The second kappa shape index (κ2) is 6.13. The normalized spacial score (nSPS) is 49.3. The van der Waals surface area contributed by atoms with Gasteiger partial charge in [0, 0.05) is 0 Å². The summed E-state index contributed by atoms with van der Waals surface area (Å²) in [7, 11) is 0. The van der Waals surface area contributed by atoms with E-state index in [4.69, 9.17) is 0 Å². The van der Waals surface area contributed by atoms with E-state index in [9.17, 15) is 10.2 Å². The van der Waals surface area contributed by atoms with Crippen LogP contribution in [0.3, 0.4) is 0 Å². The Bertz CT molecular complexity index is 291. The first-order valence-corrected chi connectivity index (χ1v) is 8.31. The van der Waals surface area contributed by atoms with E-state index < -0.39 is 0 Å². The van der Waals surface area contributed by atoms with Crippen LogP contribution in [-0.2, 0) is 0 Å². The molecular weight excluding hydrogens is 236 g/mol. The summed E-state index contributed by atoms with van der Waals surface area (Å²) in [6, 6.07) is 0. The average molecular weight is 268 g/mol. The van der Waals surface area contributed by atoms with Gasteiger partial charge in [0.25, 0.3) is 0 Å². The summed E-state index contributed by atoms with van der Waals surface area (Å²) in [5.74, 6) is 3.45. The molecule has 2 aliphatic rings. The van der Waals surface area contributed by atoms with Crippen molar-refractivity contribution in [2.75, 3.05) is 0 Å². The number of fused-ring (bicyclic) bond motifs is 1. The molecule has 2 saturated carbocycles. The molecule has 2 rings (SSSR count). The number of rotatable bonds is 2. The van der Waals surface area contributed by atoms with Crippen molar-refractivity contribution in [2.45, 2.75) is 72.0 Å². The quantitative estimate of drug-likeness (QED) is 0.805. The van der Waals surface area contributed by atoms with Gasteiger partial charge in [-0.1, -0.05) is 40.5 Å². The highest BCUT2D eigenvalue weighted by Gasteiger charge is 2.46. The highest BCUT2D eigenvalue weighted by Crippen LogP contribution is 2.49. The van der Waals surface area contributed by atoms with Gasteiger partial charge in [-0.15, -0.1) is 0 Å². The van der Waals surface area contributed by atoms with Gasteiger partial charge in [0.05, 0.1) is 12.2 Å². The molecule has 0 aliphatic heterocycles. The van der Waals surface area contributed by atoms with Crippen molar-refractivity contribution in [1.82, 2.24) is 0 Å². The highest BCUT2D eigenvalue weighted by atomic mass is 16.3. The van der Waals surface area contributed by atoms with Crippen molar-refractivity contribution < 1.29 is 10.2 Å². The highest BCUT2D eigenvalue weighted by molar-refractivity contribution is 4.95. The maximum absolute atomic E-state index is 10.6. The standard InChI is InChI=1S/C17H32O2/c1-5-10(2)13-7-6-11(3)17-14(13)8-12(4)15(18)9-16(17)19/h10-19H,5-9H2,1-4H3. The van der Waals surface area contributed by atoms with E-state index in [1.165, 1.54) is 19.3 Å². The second-order valence-corrected chi connectivity index (χ2v) is 7.43. The molecule has 8 atom stereocenters. The largest absolute Gasteiger partial charge is 0.393 e. The van der Waals surface area contributed by atoms with Gasteiger partial charge in [-0.3, -0.25) is 0 Å². The van der Waals surface area contributed by atoms with Crippen molar-refractivity contribution in [2.24, 2.45) is 35.5 Å². The van der Waals surface area contributed by atoms with E-state index in [-0.39, 0.29) is 12.2 Å². The molecule has 0 amide bonds. The summed E-state index contributed by atoms with van der Waals surface area (Å²) in [6.45, 7) is 9.11. The fourth-order valence-corrected chi connectivity index (χ4v) is 4.80. The Hall–Kier alpha value is -0.0800. The van der Waals surface area contributed by atoms with Crippen LogP contribution in [0.2, 0.25) is 0 Å². The van der Waals surface area contributed by atoms with Gasteiger partial charge in [-0.2, -0.15) is 0 Å². The molecule has 0 saturated heterocycles. The lowest BCUT2D eigenvalue weighted by molar-refractivity contribution is -0.0284. The lowest BCUT2D eigenvalue weighted by atomic mass is 9.60. The SMILES string of the molecule is CCC(C)C1CCC(C)C2C(O)CC(O)C(C)CC12.